The zero-order valence-corrected chi connectivity index (χ0v) is 14.7. The fourth-order valence-electron chi connectivity index (χ4n) is 3.43. The van der Waals surface area contributed by atoms with Gasteiger partial charge in [0.2, 0.25) is 0 Å². The first-order valence-electron chi connectivity index (χ1n) is 8.60. The standard InChI is InChI=1S/C22H18N2O3/c1-24-12-13-6-8-17-19(10-13)27-20-11-14(23)7-9-18(20)21(17)15-4-2-3-5-16(15)22(25)26/h2-11,23-24H,12H2,1H3,(H,25,26). The van der Waals surface area contributed by atoms with E-state index in [1.807, 2.05) is 43.4 Å². The number of carboxylic acid groups (broad SMARTS) is 1. The quantitative estimate of drug-likeness (QED) is 0.479. The fourth-order valence-corrected chi connectivity index (χ4v) is 3.43. The SMILES string of the molecule is CNCc1ccc2c(-c3ccccc3C(=O)O)c3ccc(=N)cc-3oc2c1. The number of carboxylic acids is 1. The molecule has 27 heavy (non-hydrogen) atoms. The van der Waals surface area contributed by atoms with Gasteiger partial charge in [-0.3, -0.25) is 0 Å². The number of aromatic carboxylic acids is 1. The molecular weight excluding hydrogens is 340 g/mol. The van der Waals surface area contributed by atoms with Crippen LogP contribution in [0.5, 0.6) is 0 Å². The first kappa shape index (κ1) is 17.0. The summed E-state index contributed by atoms with van der Waals surface area (Å²) in [5.74, 6) is -0.414. The Morgan fingerprint density at radius 2 is 1.89 bits per heavy atom. The van der Waals surface area contributed by atoms with Gasteiger partial charge >= 0.3 is 5.97 Å². The van der Waals surface area contributed by atoms with Crippen molar-refractivity contribution in [3.05, 3.63) is 77.1 Å². The van der Waals surface area contributed by atoms with Crippen molar-refractivity contribution in [2.45, 2.75) is 6.54 Å². The number of carbonyl (C=O) groups is 1. The van der Waals surface area contributed by atoms with Crippen molar-refractivity contribution in [3.8, 4) is 22.5 Å². The third-order valence-electron chi connectivity index (χ3n) is 4.59. The Morgan fingerprint density at radius 3 is 2.67 bits per heavy atom. The second kappa shape index (κ2) is 6.70. The predicted octanol–water partition coefficient (Wildman–Crippen LogP) is 4.10. The maximum Gasteiger partial charge on any atom is 0.336 e. The van der Waals surface area contributed by atoms with Crippen molar-refractivity contribution in [2.24, 2.45) is 0 Å². The van der Waals surface area contributed by atoms with Crippen LogP contribution in [0.1, 0.15) is 15.9 Å². The number of rotatable bonds is 4. The van der Waals surface area contributed by atoms with Crippen molar-refractivity contribution in [1.82, 2.24) is 5.32 Å². The number of hydrogen-bond donors (Lipinski definition) is 3. The zero-order chi connectivity index (χ0) is 19.0. The van der Waals surface area contributed by atoms with Gasteiger partial charge in [-0.05, 0) is 42.4 Å². The second-order valence-corrected chi connectivity index (χ2v) is 6.40. The molecule has 1 heterocycles. The molecule has 0 saturated carbocycles. The van der Waals surface area contributed by atoms with Gasteiger partial charge in [-0.1, -0.05) is 30.3 Å². The van der Waals surface area contributed by atoms with Gasteiger partial charge in [-0.2, -0.15) is 0 Å². The lowest BCUT2D eigenvalue weighted by Gasteiger charge is -2.17. The van der Waals surface area contributed by atoms with E-state index >= 15 is 0 Å². The van der Waals surface area contributed by atoms with E-state index in [2.05, 4.69) is 5.32 Å². The maximum atomic E-state index is 11.8. The molecule has 0 unspecified atom stereocenters. The van der Waals surface area contributed by atoms with Crippen LogP contribution >= 0.6 is 0 Å². The number of hydrogen-bond acceptors (Lipinski definition) is 4. The highest BCUT2D eigenvalue weighted by molar-refractivity contribution is 6.07. The maximum absolute atomic E-state index is 11.8. The smallest absolute Gasteiger partial charge is 0.336 e. The van der Waals surface area contributed by atoms with Gasteiger partial charge in [0.25, 0.3) is 0 Å². The first-order chi connectivity index (χ1) is 13.1. The van der Waals surface area contributed by atoms with Gasteiger partial charge in [-0.15, -0.1) is 0 Å². The molecule has 2 aromatic rings. The minimum atomic E-state index is -0.975. The average molecular weight is 358 g/mol. The van der Waals surface area contributed by atoms with E-state index in [0.717, 1.165) is 22.1 Å². The van der Waals surface area contributed by atoms with E-state index < -0.39 is 5.97 Å². The predicted molar refractivity (Wildman–Crippen MR) is 104 cm³/mol. The van der Waals surface area contributed by atoms with Crippen LogP contribution < -0.4 is 10.7 Å². The lowest BCUT2D eigenvalue weighted by atomic mass is 9.90. The van der Waals surface area contributed by atoms with Crippen molar-refractivity contribution in [3.63, 3.8) is 0 Å². The average Bonchev–Trinajstić information content (AvgIpc) is 2.66. The van der Waals surface area contributed by atoms with Crippen LogP contribution in [0.2, 0.25) is 0 Å². The molecule has 0 aromatic heterocycles. The minimum Gasteiger partial charge on any atom is -0.478 e. The molecule has 3 N–H and O–H groups in total. The Labute approximate surface area is 155 Å². The Morgan fingerprint density at radius 1 is 1.07 bits per heavy atom. The van der Waals surface area contributed by atoms with Crippen molar-refractivity contribution >= 4 is 16.9 Å². The first-order valence-corrected chi connectivity index (χ1v) is 8.60. The van der Waals surface area contributed by atoms with Crippen LogP contribution in [-0.4, -0.2) is 18.1 Å². The Hall–Kier alpha value is -3.44. The van der Waals surface area contributed by atoms with Crippen LogP contribution in [0.4, 0.5) is 0 Å². The van der Waals surface area contributed by atoms with Gasteiger partial charge < -0.3 is 20.2 Å². The fraction of sp³-hybridized carbons (Fsp3) is 0.0909. The van der Waals surface area contributed by atoms with Crippen molar-refractivity contribution in [1.29, 1.82) is 5.41 Å². The molecule has 4 rings (SSSR count). The number of nitrogens with one attached hydrogen (secondary N) is 2. The highest BCUT2D eigenvalue weighted by atomic mass is 16.4. The molecule has 5 nitrogen and oxygen atoms in total. The molecule has 0 spiro atoms. The summed E-state index contributed by atoms with van der Waals surface area (Å²) in [6, 6.07) is 18.1. The molecular formula is C22H18N2O3. The third kappa shape index (κ3) is 2.98. The second-order valence-electron chi connectivity index (χ2n) is 6.40. The summed E-state index contributed by atoms with van der Waals surface area (Å²) < 4.78 is 6.08. The Kier molecular flexibility index (Phi) is 4.22. The van der Waals surface area contributed by atoms with Crippen LogP contribution in [-0.2, 0) is 6.54 Å². The molecule has 0 amide bonds. The van der Waals surface area contributed by atoms with E-state index in [0.29, 0.717) is 28.8 Å². The lowest BCUT2D eigenvalue weighted by molar-refractivity contribution is 0.0697. The van der Waals surface area contributed by atoms with Crippen LogP contribution in [0, 0.1) is 5.41 Å². The third-order valence-corrected chi connectivity index (χ3v) is 4.59. The van der Waals surface area contributed by atoms with Gasteiger partial charge in [0.15, 0.2) is 0 Å². The molecule has 0 bridgehead atoms. The molecule has 2 aromatic carbocycles. The Balaban J connectivity index is 2.14. The summed E-state index contributed by atoms with van der Waals surface area (Å²) in [4.78, 5) is 11.8. The number of fused-ring (bicyclic) bond motifs is 2. The van der Waals surface area contributed by atoms with Crippen molar-refractivity contribution in [2.75, 3.05) is 7.05 Å². The van der Waals surface area contributed by atoms with Gasteiger partial charge in [-0.25, -0.2) is 4.79 Å². The van der Waals surface area contributed by atoms with E-state index in [1.54, 1.807) is 24.3 Å². The molecule has 0 atom stereocenters. The summed E-state index contributed by atoms with van der Waals surface area (Å²) in [6.07, 6.45) is 0. The van der Waals surface area contributed by atoms with Gasteiger partial charge in [0.05, 0.1) is 10.9 Å². The van der Waals surface area contributed by atoms with Gasteiger partial charge in [0.1, 0.15) is 11.3 Å². The molecule has 1 aliphatic heterocycles. The highest BCUT2D eigenvalue weighted by Crippen LogP contribution is 2.41. The summed E-state index contributed by atoms with van der Waals surface area (Å²) in [5.41, 5.74) is 4.19. The lowest BCUT2D eigenvalue weighted by Crippen LogP contribution is -2.05. The van der Waals surface area contributed by atoms with Crippen LogP contribution in [0.15, 0.2) is 65.1 Å². The topological polar surface area (TPSA) is 86.3 Å². The summed E-state index contributed by atoms with van der Waals surface area (Å²) in [6.45, 7) is 0.697. The van der Waals surface area contributed by atoms with Crippen LogP contribution in [0.25, 0.3) is 33.4 Å². The molecule has 1 aliphatic carbocycles. The monoisotopic (exact) mass is 358 g/mol. The number of benzene rings is 3. The largest absolute Gasteiger partial charge is 0.478 e. The molecule has 134 valence electrons. The summed E-state index contributed by atoms with van der Waals surface area (Å²) in [7, 11) is 1.88. The van der Waals surface area contributed by atoms with Gasteiger partial charge in [0, 0.05) is 29.1 Å². The molecule has 2 aliphatic rings. The van der Waals surface area contributed by atoms with Crippen LogP contribution in [0.3, 0.4) is 0 Å². The summed E-state index contributed by atoms with van der Waals surface area (Å²) in [5, 5.41) is 21.9. The molecule has 0 fully saturated rings. The Bertz CT molecular complexity index is 1190. The highest BCUT2D eigenvalue weighted by Gasteiger charge is 2.21. The minimum absolute atomic E-state index is 0.237. The summed E-state index contributed by atoms with van der Waals surface area (Å²) >= 11 is 0. The molecule has 0 saturated heterocycles. The van der Waals surface area contributed by atoms with E-state index in [1.165, 1.54) is 0 Å². The van der Waals surface area contributed by atoms with E-state index in [-0.39, 0.29) is 5.56 Å². The zero-order valence-electron chi connectivity index (χ0n) is 14.7. The molecule has 0 radical (unpaired) electrons. The molecule has 5 heteroatoms. The van der Waals surface area contributed by atoms with E-state index in [9.17, 15) is 9.90 Å². The normalized spacial score (nSPS) is 11.1. The van der Waals surface area contributed by atoms with E-state index in [4.69, 9.17) is 9.83 Å². The van der Waals surface area contributed by atoms with Crippen molar-refractivity contribution < 1.29 is 14.3 Å².